The first-order valence-corrected chi connectivity index (χ1v) is 9.43. The second kappa shape index (κ2) is 7.61. The summed E-state index contributed by atoms with van der Waals surface area (Å²) in [6.45, 7) is 15.0. The normalized spacial score (nSPS) is 30.9. The van der Waals surface area contributed by atoms with Crippen LogP contribution in [0.25, 0.3) is 0 Å². The molecule has 1 unspecified atom stereocenters. The first kappa shape index (κ1) is 19.5. The lowest BCUT2D eigenvalue weighted by Gasteiger charge is -2.41. The van der Waals surface area contributed by atoms with Gasteiger partial charge >= 0.3 is 6.09 Å². The average molecular weight is 341 g/mol. The van der Waals surface area contributed by atoms with Gasteiger partial charge in [-0.3, -0.25) is 0 Å². The number of carbonyl (C=O) groups is 1. The van der Waals surface area contributed by atoms with E-state index in [1.165, 1.54) is 0 Å². The Bertz CT molecular complexity index is 415. The van der Waals surface area contributed by atoms with Crippen LogP contribution in [0.5, 0.6) is 0 Å². The number of hydrogen-bond donors (Lipinski definition) is 1. The van der Waals surface area contributed by atoms with Gasteiger partial charge in [0.25, 0.3) is 0 Å². The predicted octanol–water partition coefficient (Wildman–Crippen LogP) is 3.57. The molecule has 0 radical (unpaired) electrons. The highest BCUT2D eigenvalue weighted by Gasteiger charge is 2.34. The molecule has 5 nitrogen and oxygen atoms in total. The summed E-state index contributed by atoms with van der Waals surface area (Å²) in [5.41, 5.74) is -0.168. The number of hydrogen-bond acceptors (Lipinski definition) is 4. The van der Waals surface area contributed by atoms with E-state index >= 15 is 0 Å². The van der Waals surface area contributed by atoms with Gasteiger partial charge in [-0.2, -0.15) is 0 Å². The van der Waals surface area contributed by atoms with Crippen molar-refractivity contribution >= 4 is 6.09 Å². The van der Waals surface area contributed by atoms with E-state index in [-0.39, 0.29) is 11.5 Å². The first-order valence-electron chi connectivity index (χ1n) is 9.43. The van der Waals surface area contributed by atoms with Gasteiger partial charge in [-0.25, -0.2) is 4.79 Å². The molecule has 5 heteroatoms. The zero-order valence-corrected chi connectivity index (χ0v) is 16.4. The van der Waals surface area contributed by atoms with Gasteiger partial charge in [0, 0.05) is 25.7 Å². The fraction of sp³-hybridized carbons (Fsp3) is 0.947. The van der Waals surface area contributed by atoms with Gasteiger partial charge in [-0.15, -0.1) is 0 Å². The molecule has 0 aromatic heterocycles. The van der Waals surface area contributed by atoms with Crippen molar-refractivity contribution in [3.63, 3.8) is 0 Å². The van der Waals surface area contributed by atoms with Crippen molar-refractivity contribution in [2.75, 3.05) is 19.6 Å². The van der Waals surface area contributed by atoms with E-state index in [9.17, 15) is 4.79 Å². The molecular weight excluding hydrogens is 304 g/mol. The van der Waals surface area contributed by atoms with Crippen LogP contribution in [0.4, 0.5) is 4.79 Å². The van der Waals surface area contributed by atoms with Crippen molar-refractivity contribution in [2.45, 2.75) is 91.1 Å². The molecule has 1 N–H and O–H groups in total. The second-order valence-electron chi connectivity index (χ2n) is 9.08. The molecule has 0 saturated carbocycles. The molecular formula is C19H36N2O3. The highest BCUT2D eigenvalue weighted by Crippen LogP contribution is 2.31. The fourth-order valence-electron chi connectivity index (χ4n) is 3.70. The Hall–Kier alpha value is -0.810. The van der Waals surface area contributed by atoms with Crippen molar-refractivity contribution in [3.8, 4) is 0 Å². The van der Waals surface area contributed by atoms with E-state index in [0.717, 1.165) is 45.3 Å². The molecule has 0 aliphatic carbocycles. The highest BCUT2D eigenvalue weighted by atomic mass is 16.6. The quantitative estimate of drug-likeness (QED) is 0.853. The van der Waals surface area contributed by atoms with E-state index in [4.69, 9.17) is 9.47 Å². The molecule has 3 atom stereocenters. The van der Waals surface area contributed by atoms with E-state index in [0.29, 0.717) is 18.2 Å². The summed E-state index contributed by atoms with van der Waals surface area (Å²) in [5, 5.41) is 3.76. The zero-order valence-electron chi connectivity index (χ0n) is 16.4. The van der Waals surface area contributed by atoms with Gasteiger partial charge in [0.05, 0.1) is 12.2 Å². The summed E-state index contributed by atoms with van der Waals surface area (Å²) in [6.07, 6.45) is 4.72. The predicted molar refractivity (Wildman–Crippen MR) is 96.2 cm³/mol. The van der Waals surface area contributed by atoms with E-state index in [2.05, 4.69) is 26.1 Å². The summed E-state index contributed by atoms with van der Waals surface area (Å²) in [6, 6.07) is 0.546. The van der Waals surface area contributed by atoms with Gasteiger partial charge in [0.2, 0.25) is 0 Å². The fourth-order valence-corrected chi connectivity index (χ4v) is 3.70. The number of carbonyl (C=O) groups excluding carboxylic acids is 1. The third-order valence-electron chi connectivity index (χ3n) is 5.14. The molecule has 0 aromatic carbocycles. The number of ether oxygens (including phenoxy) is 2. The van der Waals surface area contributed by atoms with E-state index in [1.807, 2.05) is 25.7 Å². The minimum Gasteiger partial charge on any atom is -0.444 e. The van der Waals surface area contributed by atoms with Crippen molar-refractivity contribution in [1.29, 1.82) is 0 Å². The molecule has 0 bridgehead atoms. The van der Waals surface area contributed by atoms with Crippen LogP contribution in [0.3, 0.4) is 0 Å². The van der Waals surface area contributed by atoms with E-state index in [1.54, 1.807) is 0 Å². The zero-order chi connectivity index (χ0) is 18.0. The van der Waals surface area contributed by atoms with Crippen molar-refractivity contribution in [2.24, 2.45) is 5.41 Å². The Morgan fingerprint density at radius 2 is 1.75 bits per heavy atom. The number of nitrogens with zero attached hydrogens (tertiary/aromatic N) is 1. The van der Waals surface area contributed by atoms with Crippen LogP contribution >= 0.6 is 0 Å². The molecule has 24 heavy (non-hydrogen) atoms. The lowest BCUT2D eigenvalue weighted by molar-refractivity contribution is -0.0442. The number of rotatable bonds is 3. The van der Waals surface area contributed by atoms with Gasteiger partial charge in [-0.05, 0) is 65.7 Å². The van der Waals surface area contributed by atoms with Gasteiger partial charge < -0.3 is 19.7 Å². The standard InChI is InChI=1S/C19H36N2O3/c1-14-11-16(12-15(2)23-14)20-13-19(6)7-9-21(10-8-19)17(22)24-18(3,4)5/h14-16,20H,7-13H2,1-6H3/t14-,15+,16?. The van der Waals surface area contributed by atoms with Crippen LogP contribution in [0, 0.1) is 5.41 Å². The summed E-state index contributed by atoms with van der Waals surface area (Å²) in [5.74, 6) is 0. The molecule has 1 amide bonds. The van der Waals surface area contributed by atoms with Gasteiger partial charge in [0.1, 0.15) is 5.60 Å². The third kappa shape index (κ3) is 5.92. The Kier molecular flexibility index (Phi) is 6.19. The number of likely N-dealkylation sites (tertiary alicyclic amines) is 1. The Labute approximate surface area is 147 Å². The number of nitrogens with one attached hydrogen (secondary N) is 1. The monoisotopic (exact) mass is 340 g/mol. The largest absolute Gasteiger partial charge is 0.444 e. The molecule has 0 aromatic rings. The minimum atomic E-state index is -0.421. The van der Waals surface area contributed by atoms with Crippen LogP contribution in [0.2, 0.25) is 0 Å². The molecule has 2 aliphatic heterocycles. The van der Waals surface area contributed by atoms with Crippen molar-refractivity contribution in [1.82, 2.24) is 10.2 Å². The topological polar surface area (TPSA) is 50.8 Å². The molecule has 2 aliphatic rings. The maximum Gasteiger partial charge on any atom is 0.410 e. The van der Waals surface area contributed by atoms with E-state index < -0.39 is 5.60 Å². The van der Waals surface area contributed by atoms with Crippen LogP contribution < -0.4 is 5.32 Å². The lowest BCUT2D eigenvalue weighted by atomic mass is 9.80. The Morgan fingerprint density at radius 1 is 1.21 bits per heavy atom. The average Bonchev–Trinajstić information content (AvgIpc) is 2.43. The van der Waals surface area contributed by atoms with Gasteiger partial charge in [0.15, 0.2) is 0 Å². The Balaban J connectivity index is 1.76. The maximum absolute atomic E-state index is 12.2. The van der Waals surface area contributed by atoms with Crippen LogP contribution in [0.1, 0.15) is 67.2 Å². The van der Waals surface area contributed by atoms with Gasteiger partial charge in [-0.1, -0.05) is 6.92 Å². The van der Waals surface area contributed by atoms with Crippen LogP contribution in [-0.4, -0.2) is 54.5 Å². The Morgan fingerprint density at radius 3 is 2.25 bits per heavy atom. The van der Waals surface area contributed by atoms with Crippen molar-refractivity contribution in [3.05, 3.63) is 0 Å². The summed E-state index contributed by atoms with van der Waals surface area (Å²) < 4.78 is 11.3. The summed E-state index contributed by atoms with van der Waals surface area (Å²) in [7, 11) is 0. The maximum atomic E-state index is 12.2. The third-order valence-corrected chi connectivity index (χ3v) is 5.14. The van der Waals surface area contributed by atoms with Crippen LogP contribution in [0.15, 0.2) is 0 Å². The molecule has 2 heterocycles. The summed E-state index contributed by atoms with van der Waals surface area (Å²) in [4.78, 5) is 14.0. The summed E-state index contributed by atoms with van der Waals surface area (Å²) >= 11 is 0. The smallest absolute Gasteiger partial charge is 0.410 e. The molecule has 2 rings (SSSR count). The molecule has 0 spiro atoms. The SMILES string of the molecule is C[C@@H]1CC(NCC2(C)CCN(C(=O)OC(C)(C)C)CC2)C[C@H](C)O1. The number of amides is 1. The lowest BCUT2D eigenvalue weighted by Crippen LogP contribution is -2.50. The minimum absolute atomic E-state index is 0.176. The highest BCUT2D eigenvalue weighted by molar-refractivity contribution is 5.68. The first-order chi connectivity index (χ1) is 11.1. The second-order valence-corrected chi connectivity index (χ2v) is 9.08. The molecule has 2 saturated heterocycles. The molecule has 2 fully saturated rings. The molecule has 140 valence electrons. The van der Waals surface area contributed by atoms with Crippen LogP contribution in [-0.2, 0) is 9.47 Å². The van der Waals surface area contributed by atoms with Crippen molar-refractivity contribution < 1.29 is 14.3 Å². The number of piperidine rings is 1.